The first kappa shape index (κ1) is 20.9. The molecule has 0 aromatic heterocycles. The molecule has 2 aliphatic rings. The molecule has 2 fully saturated rings. The molecule has 2 heterocycles. The maximum atomic E-state index is 13.2. The summed E-state index contributed by atoms with van der Waals surface area (Å²) in [6.07, 6.45) is 2.37. The zero-order valence-electron chi connectivity index (χ0n) is 17.3. The number of likely N-dealkylation sites (tertiary alicyclic amines) is 1. The molecule has 1 aromatic carbocycles. The molecule has 1 N–H and O–H groups in total. The van der Waals surface area contributed by atoms with Crippen LogP contribution >= 0.6 is 0 Å². The van der Waals surface area contributed by atoms with Crippen LogP contribution in [0.1, 0.15) is 24.8 Å². The number of aliphatic hydroxyl groups is 1. The molecule has 0 radical (unpaired) electrons. The summed E-state index contributed by atoms with van der Waals surface area (Å²) in [5, 5.41) is 11.2. The molecule has 156 valence electrons. The third-order valence-corrected chi connectivity index (χ3v) is 5.85. The lowest BCUT2D eigenvalue weighted by Gasteiger charge is -2.40. The summed E-state index contributed by atoms with van der Waals surface area (Å²) in [6, 6.07) is 5.67. The highest BCUT2D eigenvalue weighted by atomic mass is 16.5. The molecule has 0 spiro atoms. The van der Waals surface area contributed by atoms with E-state index in [2.05, 4.69) is 16.8 Å². The van der Waals surface area contributed by atoms with Gasteiger partial charge in [-0.25, -0.2) is 0 Å². The Kier molecular flexibility index (Phi) is 6.80. The number of amides is 1. The Bertz CT molecular complexity index is 684. The van der Waals surface area contributed by atoms with Crippen LogP contribution in [0.5, 0.6) is 11.5 Å². The number of carbonyl (C=O) groups excluding carboxylic acids is 1. The minimum Gasteiger partial charge on any atom is -0.493 e. The van der Waals surface area contributed by atoms with E-state index in [1.807, 2.05) is 18.2 Å². The Morgan fingerprint density at radius 2 is 1.89 bits per heavy atom. The number of nitrogens with zero attached hydrogens (tertiary/aromatic N) is 3. The van der Waals surface area contributed by atoms with Crippen molar-refractivity contribution in [3.63, 3.8) is 0 Å². The Labute approximate surface area is 167 Å². The second-order valence-electron chi connectivity index (χ2n) is 7.95. The number of carbonyl (C=O) groups is 1. The summed E-state index contributed by atoms with van der Waals surface area (Å²) in [4.78, 5) is 19.5. The van der Waals surface area contributed by atoms with Gasteiger partial charge < -0.3 is 24.4 Å². The number of rotatable bonds is 6. The molecule has 7 nitrogen and oxygen atoms in total. The summed E-state index contributed by atoms with van der Waals surface area (Å²) in [5.74, 6) is 1.11. The quantitative estimate of drug-likeness (QED) is 0.786. The SMILES string of the molecule is COc1cccc(CN2CCC[C@](O)(CN3CCCN(C)CC3)C2=O)c1OC. The van der Waals surface area contributed by atoms with Crippen LogP contribution in [0.3, 0.4) is 0 Å². The average molecular weight is 392 g/mol. The Hall–Kier alpha value is -1.83. The topological polar surface area (TPSA) is 65.5 Å². The van der Waals surface area contributed by atoms with Gasteiger partial charge in [0.25, 0.3) is 5.91 Å². The minimum atomic E-state index is -1.31. The van der Waals surface area contributed by atoms with Gasteiger partial charge in [0.1, 0.15) is 0 Å². The number of likely N-dealkylation sites (N-methyl/N-ethyl adjacent to an activating group) is 1. The van der Waals surface area contributed by atoms with Gasteiger partial charge in [0.05, 0.1) is 14.2 Å². The standard InChI is InChI=1S/C21H33N3O4/c1-22-10-6-11-23(14-13-22)16-21(26)9-5-12-24(20(21)25)15-17-7-4-8-18(27-2)19(17)28-3/h4,7-8,26H,5-6,9-16H2,1-3H3/t21-/m0/s1. The zero-order chi connectivity index (χ0) is 20.1. The van der Waals surface area contributed by atoms with Crippen molar-refractivity contribution < 1.29 is 19.4 Å². The smallest absolute Gasteiger partial charge is 0.256 e. The van der Waals surface area contributed by atoms with Crippen LogP contribution in [-0.4, -0.2) is 91.9 Å². The summed E-state index contributed by atoms with van der Waals surface area (Å²) in [5.41, 5.74) is -0.427. The van der Waals surface area contributed by atoms with Crippen LogP contribution < -0.4 is 9.47 Å². The van der Waals surface area contributed by atoms with Crippen molar-refractivity contribution in [3.8, 4) is 11.5 Å². The Balaban J connectivity index is 1.71. The van der Waals surface area contributed by atoms with Crippen molar-refractivity contribution >= 4 is 5.91 Å². The number of hydrogen-bond donors (Lipinski definition) is 1. The molecule has 1 aromatic rings. The summed E-state index contributed by atoms with van der Waals surface area (Å²) >= 11 is 0. The van der Waals surface area contributed by atoms with Crippen molar-refractivity contribution in [2.24, 2.45) is 0 Å². The molecular weight excluding hydrogens is 358 g/mol. The lowest BCUT2D eigenvalue weighted by Crippen LogP contribution is -2.58. The van der Waals surface area contributed by atoms with Gasteiger partial charge in [-0.05, 0) is 45.5 Å². The van der Waals surface area contributed by atoms with E-state index >= 15 is 0 Å². The van der Waals surface area contributed by atoms with E-state index in [0.29, 0.717) is 37.6 Å². The zero-order valence-corrected chi connectivity index (χ0v) is 17.3. The molecule has 0 aliphatic carbocycles. The van der Waals surface area contributed by atoms with Gasteiger partial charge in [-0.1, -0.05) is 12.1 Å². The van der Waals surface area contributed by atoms with E-state index in [0.717, 1.165) is 44.6 Å². The molecule has 7 heteroatoms. The normalized spacial score (nSPS) is 24.9. The summed E-state index contributed by atoms with van der Waals surface area (Å²) < 4.78 is 10.9. The van der Waals surface area contributed by atoms with E-state index in [4.69, 9.17) is 9.47 Å². The largest absolute Gasteiger partial charge is 0.493 e. The van der Waals surface area contributed by atoms with Crippen molar-refractivity contribution in [2.45, 2.75) is 31.4 Å². The lowest BCUT2D eigenvalue weighted by molar-refractivity contribution is -0.160. The van der Waals surface area contributed by atoms with Crippen LogP contribution in [0.15, 0.2) is 18.2 Å². The summed E-state index contributed by atoms with van der Waals surface area (Å²) in [6.45, 7) is 5.29. The van der Waals surface area contributed by atoms with Crippen LogP contribution in [0.4, 0.5) is 0 Å². The lowest BCUT2D eigenvalue weighted by atomic mass is 9.90. The minimum absolute atomic E-state index is 0.179. The van der Waals surface area contributed by atoms with Gasteiger partial charge in [0, 0.05) is 38.3 Å². The molecule has 28 heavy (non-hydrogen) atoms. The van der Waals surface area contributed by atoms with E-state index in [-0.39, 0.29) is 5.91 Å². The Morgan fingerprint density at radius 1 is 1.07 bits per heavy atom. The van der Waals surface area contributed by atoms with E-state index in [1.165, 1.54) is 0 Å². The van der Waals surface area contributed by atoms with Gasteiger partial charge in [-0.15, -0.1) is 0 Å². The second-order valence-corrected chi connectivity index (χ2v) is 7.95. The number of benzene rings is 1. The van der Waals surface area contributed by atoms with Gasteiger partial charge in [0.15, 0.2) is 17.1 Å². The molecule has 3 rings (SSSR count). The molecule has 1 atom stereocenters. The van der Waals surface area contributed by atoms with Gasteiger partial charge in [-0.3, -0.25) is 9.69 Å². The average Bonchev–Trinajstić information content (AvgIpc) is 2.89. The highest BCUT2D eigenvalue weighted by Crippen LogP contribution is 2.33. The molecule has 0 unspecified atom stereocenters. The van der Waals surface area contributed by atoms with Crippen LogP contribution in [0, 0.1) is 0 Å². The first-order valence-corrected chi connectivity index (χ1v) is 10.1. The fraction of sp³-hybridized carbons (Fsp3) is 0.667. The first-order chi connectivity index (χ1) is 13.5. The van der Waals surface area contributed by atoms with Crippen LogP contribution in [0.25, 0.3) is 0 Å². The van der Waals surface area contributed by atoms with Crippen LogP contribution in [-0.2, 0) is 11.3 Å². The number of hydrogen-bond acceptors (Lipinski definition) is 6. The number of para-hydroxylation sites is 1. The van der Waals surface area contributed by atoms with E-state index < -0.39 is 5.60 Å². The highest BCUT2D eigenvalue weighted by Gasteiger charge is 2.43. The number of β-amino-alcohol motifs (C(OH)–C–C–N with tert-alkyl or cyclic N) is 1. The third-order valence-electron chi connectivity index (χ3n) is 5.85. The van der Waals surface area contributed by atoms with Crippen molar-refractivity contribution in [1.29, 1.82) is 0 Å². The number of ether oxygens (including phenoxy) is 2. The van der Waals surface area contributed by atoms with Crippen molar-refractivity contribution in [3.05, 3.63) is 23.8 Å². The van der Waals surface area contributed by atoms with Gasteiger partial charge in [-0.2, -0.15) is 0 Å². The van der Waals surface area contributed by atoms with E-state index in [9.17, 15) is 9.90 Å². The third kappa shape index (κ3) is 4.59. The fourth-order valence-electron chi connectivity index (χ4n) is 4.27. The molecule has 0 bridgehead atoms. The van der Waals surface area contributed by atoms with Gasteiger partial charge >= 0.3 is 0 Å². The highest BCUT2D eigenvalue weighted by molar-refractivity contribution is 5.86. The predicted molar refractivity (Wildman–Crippen MR) is 108 cm³/mol. The molecular formula is C21H33N3O4. The number of methoxy groups -OCH3 is 2. The van der Waals surface area contributed by atoms with Crippen molar-refractivity contribution in [2.75, 3.05) is 60.5 Å². The van der Waals surface area contributed by atoms with E-state index in [1.54, 1.807) is 19.1 Å². The first-order valence-electron chi connectivity index (χ1n) is 10.1. The molecule has 2 saturated heterocycles. The predicted octanol–water partition coefficient (Wildman–Crippen LogP) is 1.19. The number of piperidine rings is 1. The van der Waals surface area contributed by atoms with Crippen molar-refractivity contribution in [1.82, 2.24) is 14.7 Å². The maximum absolute atomic E-state index is 13.2. The van der Waals surface area contributed by atoms with Gasteiger partial charge in [0.2, 0.25) is 0 Å². The maximum Gasteiger partial charge on any atom is 0.256 e. The fourth-order valence-corrected chi connectivity index (χ4v) is 4.27. The molecule has 0 saturated carbocycles. The van der Waals surface area contributed by atoms with Crippen LogP contribution in [0.2, 0.25) is 0 Å². The Morgan fingerprint density at radius 3 is 2.64 bits per heavy atom. The molecule has 1 amide bonds. The second kappa shape index (κ2) is 9.11. The summed E-state index contributed by atoms with van der Waals surface area (Å²) in [7, 11) is 5.32. The molecule has 2 aliphatic heterocycles. The monoisotopic (exact) mass is 391 g/mol.